The highest BCUT2D eigenvalue weighted by molar-refractivity contribution is 5.79. The topological polar surface area (TPSA) is 38.3 Å². The Balaban J connectivity index is 2.35. The van der Waals surface area contributed by atoms with Crippen LogP contribution in [0.25, 0.3) is 0 Å². The number of rotatable bonds is 3. The average molecular weight is 157 g/mol. The Morgan fingerprint density at radius 1 is 1.73 bits per heavy atom. The third kappa shape index (κ3) is 2.19. The van der Waals surface area contributed by atoms with Crippen LogP contribution in [0.4, 0.5) is 0 Å². The molecule has 1 aliphatic heterocycles. The molecule has 0 aromatic rings. The van der Waals surface area contributed by atoms with Crippen molar-refractivity contribution < 1.29 is 9.53 Å². The Morgan fingerprint density at radius 3 is 2.91 bits per heavy atom. The van der Waals surface area contributed by atoms with Crippen LogP contribution in [0.5, 0.6) is 0 Å². The van der Waals surface area contributed by atoms with Crippen molar-refractivity contribution in [2.45, 2.75) is 20.3 Å². The fourth-order valence-electron chi connectivity index (χ4n) is 1.28. The first-order valence-electron chi connectivity index (χ1n) is 4.01. The van der Waals surface area contributed by atoms with Gasteiger partial charge in [-0.05, 0) is 6.92 Å². The summed E-state index contributed by atoms with van der Waals surface area (Å²) in [6, 6.07) is 0. The summed E-state index contributed by atoms with van der Waals surface area (Å²) >= 11 is 0. The molecule has 3 nitrogen and oxygen atoms in total. The summed E-state index contributed by atoms with van der Waals surface area (Å²) in [5.41, 5.74) is 0.0348. The summed E-state index contributed by atoms with van der Waals surface area (Å²) in [6.07, 6.45) is 0.604. The highest BCUT2D eigenvalue weighted by atomic mass is 16.5. The van der Waals surface area contributed by atoms with E-state index in [9.17, 15) is 4.79 Å². The molecule has 0 aromatic heterocycles. The predicted molar refractivity (Wildman–Crippen MR) is 42.2 cm³/mol. The Bertz CT molecular complexity index is 158. The molecule has 0 spiro atoms. The van der Waals surface area contributed by atoms with Crippen molar-refractivity contribution in [2.24, 2.45) is 5.41 Å². The number of ether oxygens (including phenoxy) is 1. The predicted octanol–water partition coefficient (Wildman–Crippen LogP) is 0.549. The van der Waals surface area contributed by atoms with Gasteiger partial charge in [0, 0.05) is 25.0 Å². The molecule has 11 heavy (non-hydrogen) atoms. The minimum Gasteiger partial charge on any atom is -0.381 e. The van der Waals surface area contributed by atoms with Gasteiger partial charge in [-0.25, -0.2) is 0 Å². The van der Waals surface area contributed by atoms with E-state index in [2.05, 4.69) is 12.2 Å². The van der Waals surface area contributed by atoms with Gasteiger partial charge in [0.2, 0.25) is 5.91 Å². The maximum Gasteiger partial charge on any atom is 0.220 e. The second-order valence-electron chi connectivity index (χ2n) is 3.40. The number of hydrogen-bond donors (Lipinski definition) is 1. The van der Waals surface area contributed by atoms with Crippen LogP contribution in [-0.4, -0.2) is 25.7 Å². The molecule has 64 valence electrons. The fraction of sp³-hybridized carbons (Fsp3) is 0.875. The second-order valence-corrected chi connectivity index (χ2v) is 3.40. The maximum atomic E-state index is 10.9. The highest BCUT2D eigenvalue weighted by Gasteiger charge is 2.33. The number of hydrogen-bond acceptors (Lipinski definition) is 2. The van der Waals surface area contributed by atoms with Crippen LogP contribution in [0.1, 0.15) is 20.3 Å². The van der Waals surface area contributed by atoms with Gasteiger partial charge >= 0.3 is 0 Å². The van der Waals surface area contributed by atoms with Crippen LogP contribution in [0.2, 0.25) is 0 Å². The molecule has 0 radical (unpaired) electrons. The van der Waals surface area contributed by atoms with E-state index in [1.165, 1.54) is 0 Å². The first-order chi connectivity index (χ1) is 5.16. The minimum atomic E-state index is 0.0348. The number of carbonyl (C=O) groups is 1. The molecule has 0 aromatic carbocycles. The van der Waals surface area contributed by atoms with Crippen molar-refractivity contribution in [3.63, 3.8) is 0 Å². The van der Waals surface area contributed by atoms with Crippen molar-refractivity contribution in [3.8, 4) is 0 Å². The standard InChI is InChI=1S/C8H15NO2/c1-3-11-6-8(2)4-7(10)9-5-8/h3-6H2,1-2H3,(H,9,10). The summed E-state index contributed by atoms with van der Waals surface area (Å²) in [5.74, 6) is 0.146. The number of amides is 1. The van der Waals surface area contributed by atoms with E-state index in [1.807, 2.05) is 6.92 Å². The molecule has 1 rings (SSSR count). The minimum absolute atomic E-state index is 0.0348. The monoisotopic (exact) mass is 157 g/mol. The molecule has 1 aliphatic rings. The van der Waals surface area contributed by atoms with Crippen molar-refractivity contribution in [3.05, 3.63) is 0 Å². The summed E-state index contributed by atoms with van der Waals surface area (Å²) in [4.78, 5) is 10.9. The van der Waals surface area contributed by atoms with E-state index in [4.69, 9.17) is 4.74 Å². The van der Waals surface area contributed by atoms with E-state index in [-0.39, 0.29) is 11.3 Å². The van der Waals surface area contributed by atoms with Crippen molar-refractivity contribution in [2.75, 3.05) is 19.8 Å². The second kappa shape index (κ2) is 3.22. The molecule has 3 heteroatoms. The zero-order chi connectivity index (χ0) is 8.32. The van der Waals surface area contributed by atoms with Gasteiger partial charge in [-0.15, -0.1) is 0 Å². The van der Waals surface area contributed by atoms with Crippen molar-refractivity contribution in [1.82, 2.24) is 5.32 Å². The molecule has 0 bridgehead atoms. The summed E-state index contributed by atoms with van der Waals surface area (Å²) in [6.45, 7) is 6.20. The average Bonchev–Trinajstić information content (AvgIpc) is 2.28. The largest absolute Gasteiger partial charge is 0.381 e. The van der Waals surface area contributed by atoms with Gasteiger partial charge in [0.05, 0.1) is 6.61 Å². The number of carbonyl (C=O) groups excluding carboxylic acids is 1. The lowest BCUT2D eigenvalue weighted by Crippen LogP contribution is -2.25. The smallest absolute Gasteiger partial charge is 0.220 e. The molecule has 1 N–H and O–H groups in total. The molecule has 0 saturated carbocycles. The maximum absolute atomic E-state index is 10.9. The summed E-state index contributed by atoms with van der Waals surface area (Å²) in [5, 5.41) is 2.80. The molecule has 0 aliphatic carbocycles. The Kier molecular flexibility index (Phi) is 2.49. The van der Waals surface area contributed by atoms with Gasteiger partial charge in [0.25, 0.3) is 0 Å². The zero-order valence-corrected chi connectivity index (χ0v) is 7.14. The quantitative estimate of drug-likeness (QED) is 0.649. The van der Waals surface area contributed by atoms with E-state index >= 15 is 0 Å². The van der Waals surface area contributed by atoms with Crippen LogP contribution in [0, 0.1) is 5.41 Å². The van der Waals surface area contributed by atoms with E-state index in [1.54, 1.807) is 0 Å². The Morgan fingerprint density at radius 2 is 2.45 bits per heavy atom. The normalized spacial score (nSPS) is 30.5. The first kappa shape index (κ1) is 8.53. The SMILES string of the molecule is CCOCC1(C)CNC(=O)C1. The third-order valence-electron chi connectivity index (χ3n) is 1.95. The van der Waals surface area contributed by atoms with Gasteiger partial charge < -0.3 is 10.1 Å². The Hall–Kier alpha value is -0.570. The first-order valence-corrected chi connectivity index (χ1v) is 4.01. The van der Waals surface area contributed by atoms with Gasteiger partial charge in [-0.2, -0.15) is 0 Å². The molecule has 1 fully saturated rings. The number of nitrogens with one attached hydrogen (secondary N) is 1. The van der Waals surface area contributed by atoms with E-state index in [0.717, 1.165) is 13.2 Å². The molecule has 1 unspecified atom stereocenters. The van der Waals surface area contributed by atoms with E-state index in [0.29, 0.717) is 13.0 Å². The summed E-state index contributed by atoms with van der Waals surface area (Å²) in [7, 11) is 0. The zero-order valence-electron chi connectivity index (χ0n) is 7.14. The van der Waals surface area contributed by atoms with Crippen molar-refractivity contribution >= 4 is 5.91 Å². The Labute approximate surface area is 67.1 Å². The van der Waals surface area contributed by atoms with Crippen molar-refractivity contribution in [1.29, 1.82) is 0 Å². The van der Waals surface area contributed by atoms with Crippen LogP contribution in [0.15, 0.2) is 0 Å². The van der Waals surface area contributed by atoms with Crippen LogP contribution >= 0.6 is 0 Å². The lowest BCUT2D eigenvalue weighted by Gasteiger charge is -2.20. The van der Waals surface area contributed by atoms with Crippen LogP contribution in [0.3, 0.4) is 0 Å². The lowest BCUT2D eigenvalue weighted by atomic mass is 9.91. The highest BCUT2D eigenvalue weighted by Crippen LogP contribution is 2.25. The molecule has 1 atom stereocenters. The van der Waals surface area contributed by atoms with Gasteiger partial charge in [0.15, 0.2) is 0 Å². The van der Waals surface area contributed by atoms with E-state index < -0.39 is 0 Å². The molecule has 1 amide bonds. The third-order valence-corrected chi connectivity index (χ3v) is 1.95. The molecular formula is C8H15NO2. The van der Waals surface area contributed by atoms with Crippen LogP contribution < -0.4 is 5.32 Å². The molecule has 1 saturated heterocycles. The fourth-order valence-corrected chi connectivity index (χ4v) is 1.28. The summed E-state index contributed by atoms with van der Waals surface area (Å²) < 4.78 is 5.28. The van der Waals surface area contributed by atoms with Gasteiger partial charge in [0.1, 0.15) is 0 Å². The van der Waals surface area contributed by atoms with Gasteiger partial charge in [-0.3, -0.25) is 4.79 Å². The molecular weight excluding hydrogens is 142 g/mol. The molecule has 1 heterocycles. The van der Waals surface area contributed by atoms with Gasteiger partial charge in [-0.1, -0.05) is 6.92 Å². The van der Waals surface area contributed by atoms with Crippen LogP contribution in [-0.2, 0) is 9.53 Å². The lowest BCUT2D eigenvalue weighted by molar-refractivity contribution is -0.119.